The molecule has 0 aliphatic rings. The number of hydrogen-bond acceptors (Lipinski definition) is 9. The van der Waals surface area contributed by atoms with Gasteiger partial charge in [-0.1, -0.05) is 18.2 Å². The minimum atomic E-state index is -0.523. The predicted molar refractivity (Wildman–Crippen MR) is 163 cm³/mol. The number of likely N-dealkylation sites (N-methyl/N-ethyl adjacent to an activating group) is 2. The van der Waals surface area contributed by atoms with E-state index >= 15 is 0 Å². The molecule has 1 amide bonds. The fourth-order valence-corrected chi connectivity index (χ4v) is 4.26. The van der Waals surface area contributed by atoms with Crippen LogP contribution in [0.5, 0.6) is 17.2 Å². The molecule has 0 spiro atoms. The third-order valence-electron chi connectivity index (χ3n) is 6.33. The summed E-state index contributed by atoms with van der Waals surface area (Å²) in [5, 5.41) is 6.52. The molecule has 4 rings (SSSR count). The molecule has 2 heterocycles. The highest BCUT2D eigenvalue weighted by molar-refractivity contribution is 6.32. The normalized spacial score (nSPS) is 11.0. The molecule has 0 saturated carbocycles. The molecule has 42 heavy (non-hydrogen) atoms. The van der Waals surface area contributed by atoms with Crippen molar-refractivity contribution in [1.29, 1.82) is 0 Å². The molecule has 0 saturated heterocycles. The van der Waals surface area contributed by atoms with Crippen molar-refractivity contribution in [3.05, 3.63) is 76.4 Å². The summed E-state index contributed by atoms with van der Waals surface area (Å²) in [4.78, 5) is 38.3. The van der Waals surface area contributed by atoms with Crippen LogP contribution in [0.1, 0.15) is 0 Å². The molecule has 0 radical (unpaired) electrons. The molecule has 0 bridgehead atoms. The Balaban J connectivity index is 1.70. The van der Waals surface area contributed by atoms with Crippen LogP contribution in [-0.2, 0) is 11.8 Å². The summed E-state index contributed by atoms with van der Waals surface area (Å²) in [7, 11) is 8.96. The van der Waals surface area contributed by atoms with Gasteiger partial charge in [-0.3, -0.25) is 14.2 Å². The number of aromatic nitrogens is 3. The number of pyridine rings is 1. The highest BCUT2D eigenvalue weighted by Gasteiger charge is 2.18. The van der Waals surface area contributed by atoms with Crippen molar-refractivity contribution in [2.45, 2.75) is 0 Å². The SMILES string of the molecule is C=CC(=O)Nc1cc(Nc2ncc3cc(Oc4ccc(F)cc4Cl)c(=O)n(C)c3n2)c(OC)cc1N(C)CCN(C)C. The summed E-state index contributed by atoms with van der Waals surface area (Å²) in [6.07, 6.45) is 2.72. The number of nitrogens with one attached hydrogen (secondary N) is 2. The van der Waals surface area contributed by atoms with Gasteiger partial charge in [0.15, 0.2) is 5.75 Å². The van der Waals surface area contributed by atoms with Gasteiger partial charge >= 0.3 is 0 Å². The number of ether oxygens (including phenoxy) is 2. The lowest BCUT2D eigenvalue weighted by Crippen LogP contribution is -2.29. The number of rotatable bonds is 11. The van der Waals surface area contributed by atoms with Gasteiger partial charge in [0.25, 0.3) is 5.56 Å². The van der Waals surface area contributed by atoms with Gasteiger partial charge in [-0.25, -0.2) is 9.37 Å². The Kier molecular flexibility index (Phi) is 9.28. The van der Waals surface area contributed by atoms with Crippen LogP contribution in [-0.4, -0.2) is 66.7 Å². The number of fused-ring (bicyclic) bond motifs is 1. The number of carbonyl (C=O) groups is 1. The van der Waals surface area contributed by atoms with E-state index < -0.39 is 11.4 Å². The summed E-state index contributed by atoms with van der Waals surface area (Å²) in [6, 6.07) is 8.64. The molecule has 0 atom stereocenters. The first-order chi connectivity index (χ1) is 20.0. The number of anilines is 4. The van der Waals surface area contributed by atoms with Gasteiger partial charge in [0, 0.05) is 44.8 Å². The zero-order chi connectivity index (χ0) is 30.6. The topological polar surface area (TPSA) is 114 Å². The lowest BCUT2D eigenvalue weighted by atomic mass is 10.2. The molecule has 11 nitrogen and oxygen atoms in total. The van der Waals surface area contributed by atoms with Crippen LogP contribution in [0.3, 0.4) is 0 Å². The molecule has 2 aromatic carbocycles. The molecule has 2 N–H and O–H groups in total. The van der Waals surface area contributed by atoms with Gasteiger partial charge < -0.3 is 29.9 Å². The Morgan fingerprint density at radius 2 is 1.88 bits per heavy atom. The monoisotopic (exact) mass is 595 g/mol. The van der Waals surface area contributed by atoms with E-state index in [9.17, 15) is 14.0 Å². The summed E-state index contributed by atoms with van der Waals surface area (Å²) in [5.74, 6) is -0.121. The van der Waals surface area contributed by atoms with Crippen LogP contribution in [0, 0.1) is 5.82 Å². The molecular weight excluding hydrogens is 565 g/mol. The van der Waals surface area contributed by atoms with E-state index in [0.717, 1.165) is 18.3 Å². The zero-order valence-corrected chi connectivity index (χ0v) is 24.6. The summed E-state index contributed by atoms with van der Waals surface area (Å²) in [5.41, 5.74) is 1.60. The molecule has 0 aliphatic carbocycles. The van der Waals surface area contributed by atoms with E-state index in [0.29, 0.717) is 34.7 Å². The van der Waals surface area contributed by atoms with Crippen LogP contribution >= 0.6 is 11.6 Å². The fourth-order valence-electron chi connectivity index (χ4n) is 4.05. The average Bonchev–Trinajstić information content (AvgIpc) is 2.96. The van der Waals surface area contributed by atoms with Crippen molar-refractivity contribution in [1.82, 2.24) is 19.4 Å². The van der Waals surface area contributed by atoms with Crippen molar-refractivity contribution >= 4 is 51.6 Å². The number of methoxy groups -OCH3 is 1. The molecule has 2 aromatic heterocycles. The standard InChI is InChI=1S/C29H31ClFN7O4/c1-7-26(39)33-20-14-21(24(41-6)15-22(20)37(4)11-10-36(2)3)34-29-32-16-17-12-25(28(40)38(5)27(17)35-29)42-23-9-8-18(31)13-19(23)30/h7-9,12-16H,1,10-11H2,2-6H3,(H,33,39)(H,32,34,35). The van der Waals surface area contributed by atoms with Crippen LogP contribution in [0.2, 0.25) is 5.02 Å². The van der Waals surface area contributed by atoms with E-state index in [2.05, 4.69) is 32.1 Å². The van der Waals surface area contributed by atoms with Crippen LogP contribution < -0.4 is 30.6 Å². The Morgan fingerprint density at radius 3 is 2.55 bits per heavy atom. The average molecular weight is 596 g/mol. The fraction of sp³-hybridized carbons (Fsp3) is 0.241. The minimum absolute atomic E-state index is 0.0268. The van der Waals surface area contributed by atoms with Crippen molar-refractivity contribution in [3.63, 3.8) is 0 Å². The first kappa shape index (κ1) is 30.3. The Hall–Kier alpha value is -4.68. The summed E-state index contributed by atoms with van der Waals surface area (Å²) < 4.78 is 26.1. The quantitative estimate of drug-likeness (QED) is 0.236. The molecule has 4 aromatic rings. The van der Waals surface area contributed by atoms with Gasteiger partial charge in [-0.15, -0.1) is 0 Å². The van der Waals surface area contributed by atoms with Crippen molar-refractivity contribution < 1.29 is 18.7 Å². The molecule has 13 heteroatoms. The predicted octanol–water partition coefficient (Wildman–Crippen LogP) is 4.79. The number of halogens is 2. The van der Waals surface area contributed by atoms with Gasteiger partial charge in [0.2, 0.25) is 11.9 Å². The van der Waals surface area contributed by atoms with Gasteiger partial charge in [0.05, 0.1) is 29.2 Å². The molecule has 0 fully saturated rings. The highest BCUT2D eigenvalue weighted by Crippen LogP contribution is 2.38. The highest BCUT2D eigenvalue weighted by atomic mass is 35.5. The van der Waals surface area contributed by atoms with Crippen molar-refractivity contribution in [2.24, 2.45) is 7.05 Å². The second-order valence-corrected chi connectivity index (χ2v) is 10.0. The largest absolute Gasteiger partial charge is 0.494 e. The van der Waals surface area contributed by atoms with Gasteiger partial charge in [-0.05, 0) is 50.5 Å². The number of hydrogen-bond donors (Lipinski definition) is 2. The minimum Gasteiger partial charge on any atom is -0.494 e. The third kappa shape index (κ3) is 6.78. The lowest BCUT2D eigenvalue weighted by molar-refractivity contribution is -0.111. The molecule has 0 unspecified atom stereocenters. The molecular formula is C29H31ClFN7O4. The summed E-state index contributed by atoms with van der Waals surface area (Å²) in [6.45, 7) is 5.03. The number of carbonyl (C=O) groups excluding carboxylic acids is 1. The molecule has 0 aliphatic heterocycles. The second kappa shape index (κ2) is 12.9. The Morgan fingerprint density at radius 1 is 1.12 bits per heavy atom. The smallest absolute Gasteiger partial charge is 0.294 e. The zero-order valence-electron chi connectivity index (χ0n) is 23.9. The lowest BCUT2D eigenvalue weighted by Gasteiger charge is -2.26. The van der Waals surface area contributed by atoms with E-state index in [4.69, 9.17) is 21.1 Å². The number of benzene rings is 2. The van der Waals surface area contributed by atoms with E-state index in [1.165, 1.54) is 42.1 Å². The maximum Gasteiger partial charge on any atom is 0.294 e. The maximum absolute atomic E-state index is 13.4. The first-order valence-electron chi connectivity index (χ1n) is 12.8. The Labute approximate surface area is 247 Å². The van der Waals surface area contributed by atoms with Crippen LogP contribution in [0.4, 0.5) is 27.4 Å². The number of aryl methyl sites for hydroxylation is 1. The maximum atomic E-state index is 13.4. The number of nitrogens with zero attached hydrogens (tertiary/aromatic N) is 5. The molecule has 220 valence electrons. The third-order valence-corrected chi connectivity index (χ3v) is 6.63. The van der Waals surface area contributed by atoms with Crippen LogP contribution in [0.15, 0.2) is 60.0 Å². The van der Waals surface area contributed by atoms with Crippen LogP contribution in [0.25, 0.3) is 11.0 Å². The van der Waals surface area contributed by atoms with E-state index in [-0.39, 0.29) is 28.4 Å². The van der Waals surface area contributed by atoms with Gasteiger partial charge in [-0.2, -0.15) is 4.98 Å². The van der Waals surface area contributed by atoms with Crippen molar-refractivity contribution in [2.75, 3.05) is 56.9 Å². The van der Waals surface area contributed by atoms with E-state index in [1.54, 1.807) is 19.2 Å². The Bertz CT molecular complexity index is 1710. The van der Waals surface area contributed by atoms with E-state index in [1.807, 2.05) is 26.0 Å². The number of amides is 1. The van der Waals surface area contributed by atoms with Gasteiger partial charge in [0.1, 0.15) is 23.0 Å². The summed E-state index contributed by atoms with van der Waals surface area (Å²) >= 11 is 6.06. The first-order valence-corrected chi connectivity index (χ1v) is 13.2. The van der Waals surface area contributed by atoms with Crippen molar-refractivity contribution in [3.8, 4) is 17.2 Å². The second-order valence-electron chi connectivity index (χ2n) is 9.63.